The van der Waals surface area contributed by atoms with Crippen LogP contribution >= 0.6 is 0 Å². The molecular formula is C19H24N2O5S. The molecule has 7 nitrogen and oxygen atoms in total. The minimum absolute atomic E-state index is 0.0570. The summed E-state index contributed by atoms with van der Waals surface area (Å²) >= 11 is 0. The van der Waals surface area contributed by atoms with E-state index in [0.29, 0.717) is 31.1 Å². The third kappa shape index (κ3) is 4.40. The van der Waals surface area contributed by atoms with Crippen LogP contribution < -0.4 is 0 Å². The summed E-state index contributed by atoms with van der Waals surface area (Å²) in [5.41, 5.74) is 0.450. The fourth-order valence-electron chi connectivity index (χ4n) is 3.08. The summed E-state index contributed by atoms with van der Waals surface area (Å²) in [7, 11) is -0.571. The third-order valence-electron chi connectivity index (χ3n) is 4.68. The van der Waals surface area contributed by atoms with Gasteiger partial charge in [-0.3, -0.25) is 4.79 Å². The lowest BCUT2D eigenvalue weighted by Gasteiger charge is -2.34. The smallest absolute Gasteiger partial charge is 0.254 e. The Kier molecular flexibility index (Phi) is 5.98. The molecule has 0 saturated carbocycles. The van der Waals surface area contributed by atoms with Gasteiger partial charge in [-0.05, 0) is 49.2 Å². The van der Waals surface area contributed by atoms with Crippen LogP contribution in [0.2, 0.25) is 0 Å². The van der Waals surface area contributed by atoms with Gasteiger partial charge < -0.3 is 14.1 Å². The fraction of sp³-hybridized carbons (Fsp3) is 0.421. The van der Waals surface area contributed by atoms with Gasteiger partial charge in [0.25, 0.3) is 5.91 Å². The Hall–Kier alpha value is -2.16. The Balaban J connectivity index is 1.84. The van der Waals surface area contributed by atoms with E-state index in [1.54, 1.807) is 29.4 Å². The SMILES string of the molecule is CN(C)S(=O)(=O)c1ccc(C(=O)N(Cc2ccco2)C2CCOCC2)cc1. The molecule has 1 aromatic heterocycles. The van der Waals surface area contributed by atoms with E-state index in [1.165, 1.54) is 26.2 Å². The third-order valence-corrected chi connectivity index (χ3v) is 6.51. The zero-order valence-electron chi connectivity index (χ0n) is 15.5. The highest BCUT2D eigenvalue weighted by Crippen LogP contribution is 2.22. The van der Waals surface area contributed by atoms with Crippen LogP contribution in [0.25, 0.3) is 0 Å². The van der Waals surface area contributed by atoms with Crippen molar-refractivity contribution in [1.82, 2.24) is 9.21 Å². The molecule has 2 aromatic rings. The van der Waals surface area contributed by atoms with Crippen LogP contribution in [0.3, 0.4) is 0 Å². The number of carbonyl (C=O) groups excluding carboxylic acids is 1. The summed E-state index contributed by atoms with van der Waals surface area (Å²) in [5, 5.41) is 0. The van der Waals surface area contributed by atoms with Crippen LogP contribution in [0.15, 0.2) is 52.0 Å². The largest absolute Gasteiger partial charge is 0.467 e. The van der Waals surface area contributed by atoms with E-state index in [0.717, 1.165) is 17.1 Å². The van der Waals surface area contributed by atoms with E-state index in [2.05, 4.69) is 0 Å². The lowest BCUT2D eigenvalue weighted by atomic mass is 10.0. The number of amides is 1. The molecule has 1 aromatic carbocycles. The summed E-state index contributed by atoms with van der Waals surface area (Å²) in [6.45, 7) is 1.60. The first-order chi connectivity index (χ1) is 12.9. The minimum atomic E-state index is -3.52. The maximum Gasteiger partial charge on any atom is 0.254 e. The van der Waals surface area contributed by atoms with E-state index >= 15 is 0 Å². The normalized spacial score (nSPS) is 15.8. The number of rotatable bonds is 6. The van der Waals surface area contributed by atoms with Crippen LogP contribution in [0.1, 0.15) is 29.0 Å². The van der Waals surface area contributed by atoms with Crippen LogP contribution in [-0.4, -0.2) is 56.9 Å². The summed E-state index contributed by atoms with van der Waals surface area (Å²) in [6.07, 6.45) is 3.11. The monoisotopic (exact) mass is 392 g/mol. The molecule has 3 rings (SSSR count). The summed E-state index contributed by atoms with van der Waals surface area (Å²) in [4.78, 5) is 15.1. The minimum Gasteiger partial charge on any atom is -0.467 e. The van der Waals surface area contributed by atoms with Gasteiger partial charge in [-0.1, -0.05) is 0 Å². The van der Waals surface area contributed by atoms with Crippen molar-refractivity contribution < 1.29 is 22.4 Å². The van der Waals surface area contributed by atoms with Crippen LogP contribution in [0.5, 0.6) is 0 Å². The predicted molar refractivity (Wildman–Crippen MR) is 99.7 cm³/mol. The molecule has 0 spiro atoms. The van der Waals surface area contributed by atoms with Crippen LogP contribution in [-0.2, 0) is 21.3 Å². The standard InChI is InChI=1S/C19H24N2O5S/c1-20(2)27(23,24)18-7-5-15(6-8-18)19(22)21(14-17-4-3-11-26-17)16-9-12-25-13-10-16/h3-8,11,16H,9-10,12-14H2,1-2H3. The lowest BCUT2D eigenvalue weighted by molar-refractivity contribution is 0.0250. The Morgan fingerprint density at radius 2 is 1.78 bits per heavy atom. The van der Waals surface area contributed by atoms with Gasteiger partial charge in [0.15, 0.2) is 0 Å². The van der Waals surface area contributed by atoms with E-state index < -0.39 is 10.0 Å². The second-order valence-electron chi connectivity index (χ2n) is 6.67. The van der Waals surface area contributed by atoms with E-state index in [1.807, 2.05) is 6.07 Å². The van der Waals surface area contributed by atoms with Crippen molar-refractivity contribution in [1.29, 1.82) is 0 Å². The van der Waals surface area contributed by atoms with Gasteiger partial charge in [0.2, 0.25) is 10.0 Å². The molecule has 146 valence electrons. The average molecular weight is 392 g/mol. The molecule has 0 radical (unpaired) electrons. The number of hydrogen-bond acceptors (Lipinski definition) is 5. The van der Waals surface area contributed by atoms with Crippen molar-refractivity contribution in [2.45, 2.75) is 30.3 Å². The second-order valence-corrected chi connectivity index (χ2v) is 8.82. The first kappa shape index (κ1) is 19.6. The van der Waals surface area contributed by atoms with Crippen molar-refractivity contribution in [3.63, 3.8) is 0 Å². The molecular weight excluding hydrogens is 368 g/mol. The lowest BCUT2D eigenvalue weighted by Crippen LogP contribution is -2.42. The van der Waals surface area contributed by atoms with Gasteiger partial charge in [-0.2, -0.15) is 0 Å². The quantitative estimate of drug-likeness (QED) is 0.754. The maximum absolute atomic E-state index is 13.1. The molecule has 1 fully saturated rings. The first-order valence-corrected chi connectivity index (χ1v) is 10.3. The molecule has 0 bridgehead atoms. The molecule has 0 atom stereocenters. The van der Waals surface area contributed by atoms with Gasteiger partial charge in [-0.25, -0.2) is 12.7 Å². The van der Waals surface area contributed by atoms with Crippen molar-refractivity contribution >= 4 is 15.9 Å². The highest BCUT2D eigenvalue weighted by Gasteiger charge is 2.28. The number of benzene rings is 1. The molecule has 1 aliphatic heterocycles. The van der Waals surface area contributed by atoms with Crippen molar-refractivity contribution in [3.8, 4) is 0 Å². The van der Waals surface area contributed by atoms with Gasteiger partial charge in [0.05, 0.1) is 17.7 Å². The Morgan fingerprint density at radius 1 is 1.11 bits per heavy atom. The second kappa shape index (κ2) is 8.24. The Morgan fingerprint density at radius 3 is 2.33 bits per heavy atom. The average Bonchev–Trinajstić information content (AvgIpc) is 3.19. The molecule has 1 aliphatic rings. The molecule has 8 heteroatoms. The number of sulfonamides is 1. The van der Waals surface area contributed by atoms with Gasteiger partial charge >= 0.3 is 0 Å². The van der Waals surface area contributed by atoms with E-state index in [-0.39, 0.29) is 16.8 Å². The zero-order valence-corrected chi connectivity index (χ0v) is 16.3. The summed E-state index contributed by atoms with van der Waals surface area (Å²) in [6, 6.07) is 9.76. The van der Waals surface area contributed by atoms with Crippen molar-refractivity contribution in [2.75, 3.05) is 27.3 Å². The molecule has 2 heterocycles. The topological polar surface area (TPSA) is 80.1 Å². The van der Waals surface area contributed by atoms with Gasteiger partial charge in [-0.15, -0.1) is 0 Å². The molecule has 27 heavy (non-hydrogen) atoms. The van der Waals surface area contributed by atoms with E-state index in [9.17, 15) is 13.2 Å². The highest BCUT2D eigenvalue weighted by molar-refractivity contribution is 7.89. The molecule has 1 saturated heterocycles. The number of ether oxygens (including phenoxy) is 1. The predicted octanol–water partition coefficient (Wildman–Crippen LogP) is 2.35. The molecule has 0 aliphatic carbocycles. The Bertz CT molecular complexity index is 854. The van der Waals surface area contributed by atoms with Crippen LogP contribution in [0, 0.1) is 0 Å². The molecule has 1 amide bonds. The zero-order chi connectivity index (χ0) is 19.4. The van der Waals surface area contributed by atoms with Gasteiger partial charge in [0.1, 0.15) is 5.76 Å². The molecule has 0 N–H and O–H groups in total. The summed E-state index contributed by atoms with van der Waals surface area (Å²) < 4.78 is 36.4. The fourth-order valence-corrected chi connectivity index (χ4v) is 3.98. The number of nitrogens with zero attached hydrogens (tertiary/aromatic N) is 2. The number of carbonyl (C=O) groups is 1. The number of hydrogen-bond donors (Lipinski definition) is 0. The van der Waals surface area contributed by atoms with Crippen molar-refractivity contribution in [3.05, 3.63) is 54.0 Å². The highest BCUT2D eigenvalue weighted by atomic mass is 32.2. The number of furan rings is 1. The van der Waals surface area contributed by atoms with E-state index in [4.69, 9.17) is 9.15 Å². The van der Waals surface area contributed by atoms with Gasteiger partial charge in [0, 0.05) is 38.9 Å². The van der Waals surface area contributed by atoms with Crippen LogP contribution in [0.4, 0.5) is 0 Å². The Labute approximate surface area is 159 Å². The summed E-state index contributed by atoms with van der Waals surface area (Å²) in [5.74, 6) is 0.564. The maximum atomic E-state index is 13.1. The van der Waals surface area contributed by atoms with Crippen molar-refractivity contribution in [2.24, 2.45) is 0 Å². The first-order valence-electron chi connectivity index (χ1n) is 8.83. The molecule has 0 unspecified atom stereocenters.